The molecule has 2 aliphatic rings. The Morgan fingerprint density at radius 3 is 2.34 bits per heavy atom. The van der Waals surface area contributed by atoms with Gasteiger partial charge in [-0.2, -0.15) is 0 Å². The fourth-order valence-electron chi connectivity index (χ4n) is 5.18. The molecule has 9 nitrogen and oxygen atoms in total. The van der Waals surface area contributed by atoms with Gasteiger partial charge in [-0.25, -0.2) is 4.79 Å². The summed E-state index contributed by atoms with van der Waals surface area (Å²) in [6, 6.07) is 7.48. The van der Waals surface area contributed by atoms with Gasteiger partial charge in [0.1, 0.15) is 0 Å². The molecule has 1 N–H and O–H groups in total. The Hall–Kier alpha value is -2.46. The fraction of sp³-hybridized carbons (Fsp3) is 0.655. The van der Waals surface area contributed by atoms with Crippen LogP contribution in [0.1, 0.15) is 67.3 Å². The second kappa shape index (κ2) is 15.8. The number of ether oxygens (including phenoxy) is 5. The molecule has 3 atom stereocenters. The molecule has 0 spiro atoms. The summed E-state index contributed by atoms with van der Waals surface area (Å²) in [4.78, 5) is 27.4. The fourth-order valence-corrected chi connectivity index (χ4v) is 5.18. The number of aliphatic hydroxyl groups excluding tert-OH is 1. The summed E-state index contributed by atoms with van der Waals surface area (Å²) in [5, 5.41) is 8.83. The quantitative estimate of drug-likeness (QED) is 0.286. The van der Waals surface area contributed by atoms with Crippen LogP contribution in [0.25, 0.3) is 0 Å². The number of hydrogen-bond acceptors (Lipinski definition) is 8. The first-order valence-corrected chi connectivity index (χ1v) is 13.7. The van der Waals surface area contributed by atoms with Crippen molar-refractivity contribution in [1.82, 2.24) is 4.90 Å². The Morgan fingerprint density at radius 2 is 1.71 bits per heavy atom. The van der Waals surface area contributed by atoms with Crippen LogP contribution in [0.5, 0.6) is 0 Å². The Kier molecular flexibility index (Phi) is 12.5. The number of carbonyl (C=O) groups is 2. The molecule has 0 saturated heterocycles. The smallest absolute Gasteiger partial charge is 0.337 e. The number of rotatable bonds is 14. The summed E-state index contributed by atoms with van der Waals surface area (Å²) in [5.41, 5.74) is 1.41. The van der Waals surface area contributed by atoms with Crippen molar-refractivity contribution in [2.24, 2.45) is 5.92 Å². The highest BCUT2D eigenvalue weighted by Crippen LogP contribution is 2.39. The van der Waals surface area contributed by atoms with Gasteiger partial charge in [0, 0.05) is 38.1 Å². The van der Waals surface area contributed by atoms with Crippen LogP contribution >= 0.6 is 0 Å². The standard InChI is InChI=1S/C29H43NO8/c1-4-37-29-24(14-16-35-18-19-36-17-15-31)25(21-10-12-22(13-11-21)28(33)34-3)20-26(38-29)27(32)30(2)23-8-6-5-7-9-23/h10-13,20,23-25,29,31H,4-9,14-19H2,1-3H3. The van der Waals surface area contributed by atoms with Crippen LogP contribution in [-0.2, 0) is 28.5 Å². The molecular weight excluding hydrogens is 490 g/mol. The van der Waals surface area contributed by atoms with E-state index < -0.39 is 12.3 Å². The number of methoxy groups -OCH3 is 1. The Labute approximate surface area is 226 Å². The normalized spacial score (nSPS) is 21.9. The minimum Gasteiger partial charge on any atom is -0.465 e. The highest BCUT2D eigenvalue weighted by atomic mass is 16.7. The van der Waals surface area contributed by atoms with E-state index >= 15 is 0 Å². The van der Waals surface area contributed by atoms with Gasteiger partial charge >= 0.3 is 5.97 Å². The van der Waals surface area contributed by atoms with E-state index in [-0.39, 0.29) is 37.0 Å². The van der Waals surface area contributed by atoms with Gasteiger partial charge in [0.05, 0.1) is 39.1 Å². The third kappa shape index (κ3) is 8.27. The van der Waals surface area contributed by atoms with E-state index in [4.69, 9.17) is 28.8 Å². The molecule has 1 fully saturated rings. The van der Waals surface area contributed by atoms with E-state index in [0.717, 1.165) is 31.2 Å². The van der Waals surface area contributed by atoms with E-state index in [1.54, 1.807) is 12.1 Å². The largest absolute Gasteiger partial charge is 0.465 e. The van der Waals surface area contributed by atoms with Gasteiger partial charge in [-0.1, -0.05) is 31.4 Å². The maximum absolute atomic E-state index is 13.6. The van der Waals surface area contributed by atoms with Crippen LogP contribution in [0.15, 0.2) is 36.1 Å². The van der Waals surface area contributed by atoms with Crippen molar-refractivity contribution in [2.75, 3.05) is 53.8 Å². The third-order valence-corrected chi connectivity index (χ3v) is 7.29. The highest BCUT2D eigenvalue weighted by Gasteiger charge is 2.39. The summed E-state index contributed by atoms with van der Waals surface area (Å²) in [6.45, 7) is 3.88. The third-order valence-electron chi connectivity index (χ3n) is 7.29. The number of hydrogen-bond donors (Lipinski definition) is 1. The Morgan fingerprint density at radius 1 is 1.03 bits per heavy atom. The lowest BCUT2D eigenvalue weighted by atomic mass is 9.81. The van der Waals surface area contributed by atoms with Crippen molar-refractivity contribution in [3.63, 3.8) is 0 Å². The predicted molar refractivity (Wildman–Crippen MR) is 142 cm³/mol. The molecule has 3 unspecified atom stereocenters. The molecule has 38 heavy (non-hydrogen) atoms. The number of carbonyl (C=O) groups excluding carboxylic acids is 2. The van der Waals surface area contributed by atoms with E-state index in [1.807, 2.05) is 37.1 Å². The first-order chi connectivity index (χ1) is 18.5. The maximum atomic E-state index is 13.6. The summed E-state index contributed by atoms with van der Waals surface area (Å²) < 4.78 is 28.1. The van der Waals surface area contributed by atoms with Crippen LogP contribution in [0.4, 0.5) is 0 Å². The van der Waals surface area contributed by atoms with Crippen molar-refractivity contribution in [3.05, 3.63) is 47.2 Å². The molecule has 3 rings (SSSR count). The van der Waals surface area contributed by atoms with Crippen molar-refractivity contribution >= 4 is 11.9 Å². The molecule has 1 heterocycles. The lowest BCUT2D eigenvalue weighted by molar-refractivity contribution is -0.172. The number of aliphatic hydroxyl groups is 1. The Balaban J connectivity index is 1.83. The van der Waals surface area contributed by atoms with Crippen LogP contribution in [0.3, 0.4) is 0 Å². The molecule has 212 valence electrons. The van der Waals surface area contributed by atoms with Crippen molar-refractivity contribution in [3.8, 4) is 0 Å². The van der Waals surface area contributed by atoms with Crippen molar-refractivity contribution < 1.29 is 38.4 Å². The SMILES string of the molecule is CCOC1OC(C(=O)N(C)C2CCCCC2)=CC(c2ccc(C(=O)OC)cc2)C1CCOCCOCCO. The minimum absolute atomic E-state index is 0.0186. The van der Waals surface area contributed by atoms with E-state index in [2.05, 4.69) is 0 Å². The minimum atomic E-state index is -0.622. The number of esters is 1. The van der Waals surface area contributed by atoms with Crippen LogP contribution in [-0.4, -0.2) is 88.0 Å². The molecular formula is C29H43NO8. The van der Waals surface area contributed by atoms with E-state index in [9.17, 15) is 9.59 Å². The van der Waals surface area contributed by atoms with Gasteiger partial charge in [-0.05, 0) is 50.0 Å². The van der Waals surface area contributed by atoms with Crippen LogP contribution in [0.2, 0.25) is 0 Å². The predicted octanol–water partition coefficient (Wildman–Crippen LogP) is 3.66. The second-order valence-corrected chi connectivity index (χ2v) is 9.72. The van der Waals surface area contributed by atoms with Gasteiger partial charge < -0.3 is 33.7 Å². The molecule has 0 aromatic heterocycles. The summed E-state index contributed by atoms with van der Waals surface area (Å²) in [6.07, 6.45) is 7.39. The van der Waals surface area contributed by atoms with Gasteiger partial charge in [-0.15, -0.1) is 0 Å². The van der Waals surface area contributed by atoms with Crippen molar-refractivity contribution in [2.45, 2.75) is 63.7 Å². The van der Waals surface area contributed by atoms with Crippen LogP contribution in [0, 0.1) is 5.92 Å². The summed E-state index contributed by atoms with van der Waals surface area (Å²) >= 11 is 0. The number of benzene rings is 1. The zero-order chi connectivity index (χ0) is 27.3. The first-order valence-electron chi connectivity index (χ1n) is 13.7. The molecule has 1 aliphatic carbocycles. The molecule has 1 amide bonds. The first kappa shape index (κ1) is 30.1. The monoisotopic (exact) mass is 533 g/mol. The van der Waals surface area contributed by atoms with E-state index in [0.29, 0.717) is 44.2 Å². The summed E-state index contributed by atoms with van der Waals surface area (Å²) in [7, 11) is 3.22. The molecule has 0 radical (unpaired) electrons. The van der Waals surface area contributed by atoms with Gasteiger partial charge in [0.25, 0.3) is 5.91 Å². The van der Waals surface area contributed by atoms with E-state index in [1.165, 1.54) is 13.5 Å². The lowest BCUT2D eigenvalue weighted by Gasteiger charge is -2.39. The van der Waals surface area contributed by atoms with Crippen LogP contribution < -0.4 is 0 Å². The zero-order valence-electron chi connectivity index (χ0n) is 22.9. The average Bonchev–Trinajstić information content (AvgIpc) is 2.96. The molecule has 1 aromatic carbocycles. The van der Waals surface area contributed by atoms with Gasteiger partial charge in [-0.3, -0.25) is 4.79 Å². The maximum Gasteiger partial charge on any atom is 0.337 e. The Bertz CT molecular complexity index is 896. The van der Waals surface area contributed by atoms with Gasteiger partial charge in [0.15, 0.2) is 5.76 Å². The average molecular weight is 534 g/mol. The number of nitrogens with zero attached hydrogens (tertiary/aromatic N) is 1. The molecule has 0 bridgehead atoms. The molecule has 9 heteroatoms. The second-order valence-electron chi connectivity index (χ2n) is 9.72. The zero-order valence-corrected chi connectivity index (χ0v) is 22.9. The molecule has 1 aliphatic heterocycles. The molecule has 1 saturated carbocycles. The van der Waals surface area contributed by atoms with Gasteiger partial charge in [0.2, 0.25) is 6.29 Å². The lowest BCUT2D eigenvalue weighted by Crippen LogP contribution is -2.43. The number of likely N-dealkylation sites (N-methyl/N-ethyl adjacent to an activating group) is 1. The van der Waals surface area contributed by atoms with Crippen molar-refractivity contribution in [1.29, 1.82) is 0 Å². The highest BCUT2D eigenvalue weighted by molar-refractivity contribution is 5.92. The topological polar surface area (TPSA) is 104 Å². The number of amides is 1. The number of allylic oxidation sites excluding steroid dienone is 1. The molecule has 1 aromatic rings. The summed E-state index contributed by atoms with van der Waals surface area (Å²) in [5.74, 6) is -0.528.